The number of rotatable bonds is 5. The molecule has 0 aliphatic rings. The van der Waals surface area contributed by atoms with Gasteiger partial charge in [0.25, 0.3) is 0 Å². The Hall–Kier alpha value is -1.68. The average Bonchev–Trinajstić information content (AvgIpc) is 2.82. The van der Waals surface area contributed by atoms with Gasteiger partial charge in [-0.2, -0.15) is 5.10 Å². The number of hydrogen-bond acceptors (Lipinski definition) is 3. The zero-order valence-corrected chi connectivity index (χ0v) is 10.9. The van der Waals surface area contributed by atoms with E-state index in [-0.39, 0.29) is 0 Å². The second-order valence-electron chi connectivity index (χ2n) is 4.30. The van der Waals surface area contributed by atoms with Crippen LogP contribution in [0.5, 0.6) is 0 Å². The number of nitrogens with zero attached hydrogens (tertiary/aromatic N) is 3. The number of aliphatic hydroxyl groups is 1. The summed E-state index contributed by atoms with van der Waals surface area (Å²) in [5.74, 6) is 0. The Balaban J connectivity index is 2.16. The topological polar surface area (TPSA) is 50.9 Å². The Morgan fingerprint density at radius 2 is 2.00 bits per heavy atom. The Labute approximate surface area is 107 Å². The van der Waals surface area contributed by atoms with Crippen LogP contribution in [0.1, 0.15) is 36.9 Å². The number of aryl methyl sites for hydroxylation is 2. The smallest absolute Gasteiger partial charge is 0.0846 e. The van der Waals surface area contributed by atoms with Crippen molar-refractivity contribution in [1.29, 1.82) is 0 Å². The number of hydrogen-bond donors (Lipinski definition) is 1. The van der Waals surface area contributed by atoms with E-state index >= 15 is 0 Å². The summed E-state index contributed by atoms with van der Waals surface area (Å²) < 4.78 is 1.96. The first-order valence-electron chi connectivity index (χ1n) is 6.38. The predicted molar refractivity (Wildman–Crippen MR) is 70.2 cm³/mol. The number of pyridine rings is 1. The minimum atomic E-state index is -0.500. The summed E-state index contributed by atoms with van der Waals surface area (Å²) in [5, 5.41) is 14.7. The summed E-state index contributed by atoms with van der Waals surface area (Å²) in [6, 6.07) is 5.77. The molecule has 1 atom stereocenters. The first-order valence-corrected chi connectivity index (χ1v) is 6.38. The van der Waals surface area contributed by atoms with E-state index in [1.54, 1.807) is 12.4 Å². The Bertz CT molecular complexity index is 493. The second kappa shape index (κ2) is 5.78. The van der Waals surface area contributed by atoms with Gasteiger partial charge in [0.15, 0.2) is 0 Å². The number of aliphatic hydroxyl groups excluding tert-OH is 1. The van der Waals surface area contributed by atoms with Crippen molar-refractivity contribution < 1.29 is 5.11 Å². The molecule has 4 heteroatoms. The molecule has 0 bridgehead atoms. The summed E-state index contributed by atoms with van der Waals surface area (Å²) >= 11 is 0. The van der Waals surface area contributed by atoms with Crippen molar-refractivity contribution in [3.05, 3.63) is 47.5 Å². The highest BCUT2D eigenvalue weighted by atomic mass is 16.3. The van der Waals surface area contributed by atoms with E-state index in [0.717, 1.165) is 29.9 Å². The molecule has 0 fully saturated rings. The lowest BCUT2D eigenvalue weighted by molar-refractivity contribution is 0.175. The van der Waals surface area contributed by atoms with Gasteiger partial charge in [0, 0.05) is 31.1 Å². The Kier molecular flexibility index (Phi) is 4.10. The van der Waals surface area contributed by atoms with E-state index in [1.165, 1.54) is 0 Å². The van der Waals surface area contributed by atoms with E-state index in [9.17, 15) is 5.11 Å². The largest absolute Gasteiger partial charge is 0.388 e. The van der Waals surface area contributed by atoms with E-state index in [2.05, 4.69) is 30.0 Å². The van der Waals surface area contributed by atoms with Crippen LogP contribution < -0.4 is 0 Å². The standard InChI is InChI=1S/C14H19N3O/c1-3-12-9-13(17(4-2)16-12)10-14(18)11-5-7-15-8-6-11/h5-9,14,18H,3-4,10H2,1-2H3. The van der Waals surface area contributed by atoms with Crippen molar-refractivity contribution in [2.24, 2.45) is 0 Å². The summed E-state index contributed by atoms with van der Waals surface area (Å²) in [7, 11) is 0. The molecule has 1 N–H and O–H groups in total. The van der Waals surface area contributed by atoms with Crippen LogP contribution in [0.15, 0.2) is 30.6 Å². The molecule has 0 aromatic carbocycles. The normalized spacial score (nSPS) is 12.6. The minimum absolute atomic E-state index is 0.500. The highest BCUT2D eigenvalue weighted by Crippen LogP contribution is 2.18. The summed E-state index contributed by atoms with van der Waals surface area (Å²) in [6.07, 6.45) is 4.41. The summed E-state index contributed by atoms with van der Waals surface area (Å²) in [4.78, 5) is 3.96. The molecule has 4 nitrogen and oxygen atoms in total. The van der Waals surface area contributed by atoms with Gasteiger partial charge in [-0.25, -0.2) is 0 Å². The van der Waals surface area contributed by atoms with Gasteiger partial charge in [-0.1, -0.05) is 6.92 Å². The van der Waals surface area contributed by atoms with Crippen LogP contribution in [0.4, 0.5) is 0 Å². The molecule has 18 heavy (non-hydrogen) atoms. The van der Waals surface area contributed by atoms with E-state index < -0.39 is 6.10 Å². The van der Waals surface area contributed by atoms with Crippen molar-refractivity contribution in [2.75, 3.05) is 0 Å². The molecule has 0 saturated heterocycles. The molecule has 0 saturated carbocycles. The van der Waals surface area contributed by atoms with Crippen LogP contribution in [-0.4, -0.2) is 19.9 Å². The number of aromatic nitrogens is 3. The first-order chi connectivity index (χ1) is 8.74. The molecule has 96 valence electrons. The van der Waals surface area contributed by atoms with Crippen LogP contribution >= 0.6 is 0 Å². The van der Waals surface area contributed by atoms with Crippen LogP contribution in [0.25, 0.3) is 0 Å². The van der Waals surface area contributed by atoms with Crippen LogP contribution in [-0.2, 0) is 19.4 Å². The van der Waals surface area contributed by atoms with Crippen molar-refractivity contribution >= 4 is 0 Å². The highest BCUT2D eigenvalue weighted by molar-refractivity contribution is 5.18. The zero-order valence-electron chi connectivity index (χ0n) is 10.9. The van der Waals surface area contributed by atoms with E-state index in [1.807, 2.05) is 16.8 Å². The van der Waals surface area contributed by atoms with Crippen molar-refractivity contribution in [1.82, 2.24) is 14.8 Å². The molecule has 0 amide bonds. The van der Waals surface area contributed by atoms with Gasteiger partial charge in [0.1, 0.15) is 0 Å². The Morgan fingerprint density at radius 1 is 1.28 bits per heavy atom. The third-order valence-corrected chi connectivity index (χ3v) is 3.07. The van der Waals surface area contributed by atoms with Crippen molar-refractivity contribution in [3.8, 4) is 0 Å². The van der Waals surface area contributed by atoms with Crippen LogP contribution in [0.3, 0.4) is 0 Å². The third-order valence-electron chi connectivity index (χ3n) is 3.07. The molecule has 2 rings (SSSR count). The SMILES string of the molecule is CCc1cc(CC(O)c2ccncc2)n(CC)n1. The molecule has 0 spiro atoms. The van der Waals surface area contributed by atoms with Gasteiger partial charge in [-0.3, -0.25) is 9.67 Å². The molecule has 2 heterocycles. The molecule has 0 aliphatic carbocycles. The zero-order chi connectivity index (χ0) is 13.0. The summed E-state index contributed by atoms with van der Waals surface area (Å²) in [6.45, 7) is 4.98. The second-order valence-corrected chi connectivity index (χ2v) is 4.30. The fourth-order valence-electron chi connectivity index (χ4n) is 2.03. The monoisotopic (exact) mass is 245 g/mol. The summed E-state index contributed by atoms with van der Waals surface area (Å²) in [5.41, 5.74) is 3.05. The molecule has 2 aromatic rings. The van der Waals surface area contributed by atoms with Crippen LogP contribution in [0.2, 0.25) is 0 Å². The first kappa shape index (κ1) is 12.8. The lowest BCUT2D eigenvalue weighted by Gasteiger charge is -2.11. The molecular formula is C14H19N3O. The fraction of sp³-hybridized carbons (Fsp3) is 0.429. The molecule has 0 aliphatic heterocycles. The van der Waals surface area contributed by atoms with Crippen LogP contribution in [0, 0.1) is 0 Å². The molecule has 2 aromatic heterocycles. The van der Waals surface area contributed by atoms with Gasteiger partial charge in [-0.15, -0.1) is 0 Å². The van der Waals surface area contributed by atoms with Crippen molar-refractivity contribution in [3.63, 3.8) is 0 Å². The maximum atomic E-state index is 10.2. The van der Waals surface area contributed by atoms with Gasteiger partial charge >= 0.3 is 0 Å². The third kappa shape index (κ3) is 2.76. The Morgan fingerprint density at radius 3 is 2.61 bits per heavy atom. The molecular weight excluding hydrogens is 226 g/mol. The average molecular weight is 245 g/mol. The fourth-order valence-corrected chi connectivity index (χ4v) is 2.03. The van der Waals surface area contributed by atoms with Gasteiger partial charge < -0.3 is 5.11 Å². The lowest BCUT2D eigenvalue weighted by Crippen LogP contribution is -2.08. The lowest BCUT2D eigenvalue weighted by atomic mass is 10.1. The predicted octanol–water partition coefficient (Wildman–Crippen LogP) is 2.14. The highest BCUT2D eigenvalue weighted by Gasteiger charge is 2.13. The maximum absolute atomic E-state index is 10.2. The van der Waals surface area contributed by atoms with Gasteiger partial charge in [0.05, 0.1) is 11.8 Å². The van der Waals surface area contributed by atoms with E-state index in [4.69, 9.17) is 0 Å². The van der Waals surface area contributed by atoms with Gasteiger partial charge in [0.2, 0.25) is 0 Å². The maximum Gasteiger partial charge on any atom is 0.0846 e. The van der Waals surface area contributed by atoms with Crippen molar-refractivity contribution in [2.45, 2.75) is 39.3 Å². The molecule has 0 radical (unpaired) electrons. The van der Waals surface area contributed by atoms with E-state index in [0.29, 0.717) is 6.42 Å². The molecule has 1 unspecified atom stereocenters. The quantitative estimate of drug-likeness (QED) is 0.878. The minimum Gasteiger partial charge on any atom is -0.388 e. The van der Waals surface area contributed by atoms with Gasteiger partial charge in [-0.05, 0) is 37.1 Å².